The van der Waals surface area contributed by atoms with Gasteiger partial charge in [-0.2, -0.15) is 0 Å². The molecule has 2 fully saturated rings. The highest BCUT2D eigenvalue weighted by atomic mass is 16.5. The topological polar surface area (TPSA) is 102 Å². The molecule has 34 heavy (non-hydrogen) atoms. The summed E-state index contributed by atoms with van der Waals surface area (Å²) in [7, 11) is 1.60. The van der Waals surface area contributed by atoms with Crippen molar-refractivity contribution in [3.8, 4) is 17.1 Å². The summed E-state index contributed by atoms with van der Waals surface area (Å²) >= 11 is 0. The van der Waals surface area contributed by atoms with Crippen LogP contribution < -0.4 is 4.74 Å². The molecule has 2 aliphatic rings. The fraction of sp³-hybridized carbons (Fsp3) is 0.520. The Bertz CT molecular complexity index is 1010. The number of carbonyl (C=O) groups excluding carboxylic acids is 3. The van der Waals surface area contributed by atoms with E-state index in [1.54, 1.807) is 29.9 Å². The average Bonchev–Trinajstić information content (AvgIpc) is 3.38. The molecule has 0 N–H and O–H groups in total. The van der Waals surface area contributed by atoms with Crippen LogP contribution in [0.4, 0.5) is 0 Å². The minimum atomic E-state index is -0.526. The lowest BCUT2D eigenvalue weighted by molar-refractivity contribution is -0.152. The van der Waals surface area contributed by atoms with Crippen LogP contribution in [0.2, 0.25) is 0 Å². The molecule has 0 bridgehead atoms. The summed E-state index contributed by atoms with van der Waals surface area (Å²) in [5.74, 6) is 0.479. The fourth-order valence-corrected chi connectivity index (χ4v) is 4.65. The molecule has 0 spiro atoms. The van der Waals surface area contributed by atoms with E-state index < -0.39 is 6.04 Å². The van der Waals surface area contributed by atoms with Gasteiger partial charge >= 0.3 is 5.97 Å². The van der Waals surface area contributed by atoms with E-state index in [1.165, 1.54) is 0 Å². The second kappa shape index (κ2) is 10.7. The number of methoxy groups -OCH3 is 1. The van der Waals surface area contributed by atoms with Gasteiger partial charge in [-0.05, 0) is 63.3 Å². The number of esters is 1. The van der Waals surface area contributed by atoms with Crippen molar-refractivity contribution in [1.29, 1.82) is 0 Å². The molecule has 1 aromatic carbocycles. The lowest BCUT2D eigenvalue weighted by atomic mass is 9.94. The van der Waals surface area contributed by atoms with Crippen LogP contribution in [0.3, 0.4) is 0 Å². The Morgan fingerprint density at radius 3 is 2.47 bits per heavy atom. The molecule has 2 aromatic rings. The molecule has 9 heteroatoms. The molecule has 0 aliphatic carbocycles. The van der Waals surface area contributed by atoms with Gasteiger partial charge in [0.25, 0.3) is 5.91 Å². The lowest BCUT2D eigenvalue weighted by Gasteiger charge is -2.39. The molecule has 3 heterocycles. The summed E-state index contributed by atoms with van der Waals surface area (Å²) in [5.41, 5.74) is 0.967. The van der Waals surface area contributed by atoms with Gasteiger partial charge in [-0.3, -0.25) is 14.4 Å². The summed E-state index contributed by atoms with van der Waals surface area (Å²) in [6, 6.07) is 8.38. The molecule has 9 nitrogen and oxygen atoms in total. The van der Waals surface area contributed by atoms with Crippen LogP contribution in [0.5, 0.6) is 5.75 Å². The van der Waals surface area contributed by atoms with E-state index in [0.29, 0.717) is 51.3 Å². The molecule has 1 aromatic heterocycles. The lowest BCUT2D eigenvalue weighted by Crippen LogP contribution is -2.54. The van der Waals surface area contributed by atoms with Crippen LogP contribution in [0.25, 0.3) is 11.3 Å². The van der Waals surface area contributed by atoms with E-state index in [9.17, 15) is 14.4 Å². The SMILES string of the molecule is CCOC(=O)C1CCN(C(=O)[C@H]2CCCCN2C(=O)c2cc(-c3ccc(OC)cc3)on2)CC1. The predicted octanol–water partition coefficient (Wildman–Crippen LogP) is 3.15. The van der Waals surface area contributed by atoms with Gasteiger partial charge in [0, 0.05) is 31.3 Å². The third-order valence-electron chi connectivity index (χ3n) is 6.58. The zero-order chi connectivity index (χ0) is 24.1. The Morgan fingerprint density at radius 1 is 1.06 bits per heavy atom. The molecule has 2 aliphatic heterocycles. The number of hydrogen-bond acceptors (Lipinski definition) is 7. The molecule has 0 unspecified atom stereocenters. The molecule has 1 atom stereocenters. The van der Waals surface area contributed by atoms with Crippen molar-refractivity contribution < 1.29 is 28.4 Å². The summed E-state index contributed by atoms with van der Waals surface area (Å²) in [6.45, 7) is 3.64. The molecular formula is C25H31N3O6. The van der Waals surface area contributed by atoms with Gasteiger partial charge in [0.05, 0.1) is 19.6 Å². The predicted molar refractivity (Wildman–Crippen MR) is 123 cm³/mol. The Balaban J connectivity index is 1.43. The van der Waals surface area contributed by atoms with Crippen molar-refractivity contribution in [3.05, 3.63) is 36.0 Å². The molecule has 182 valence electrons. The normalized spacial score (nSPS) is 19.1. The zero-order valence-corrected chi connectivity index (χ0v) is 19.7. The van der Waals surface area contributed by atoms with Crippen molar-refractivity contribution in [2.75, 3.05) is 33.4 Å². The smallest absolute Gasteiger partial charge is 0.309 e. The number of aromatic nitrogens is 1. The Labute approximate surface area is 199 Å². The standard InChI is InChI=1S/C25H31N3O6/c1-3-33-25(31)18-11-14-27(15-12-18)24(30)21-6-4-5-13-28(21)23(29)20-16-22(34-26-20)17-7-9-19(32-2)10-8-17/h7-10,16,18,21H,3-6,11-15H2,1-2H3/t21-/m1/s1. The maximum Gasteiger partial charge on any atom is 0.309 e. The third kappa shape index (κ3) is 5.08. The molecular weight excluding hydrogens is 438 g/mol. The van der Waals surface area contributed by atoms with Gasteiger partial charge in [-0.25, -0.2) is 0 Å². The highest BCUT2D eigenvalue weighted by molar-refractivity contribution is 5.97. The van der Waals surface area contributed by atoms with E-state index >= 15 is 0 Å². The Hall–Kier alpha value is -3.36. The van der Waals surface area contributed by atoms with Crippen LogP contribution in [0.1, 0.15) is 49.5 Å². The first-order chi connectivity index (χ1) is 16.5. The zero-order valence-electron chi connectivity index (χ0n) is 19.7. The largest absolute Gasteiger partial charge is 0.497 e. The molecule has 2 saturated heterocycles. The highest BCUT2D eigenvalue weighted by Gasteiger charge is 2.38. The number of amides is 2. The van der Waals surface area contributed by atoms with Crippen LogP contribution >= 0.6 is 0 Å². The summed E-state index contributed by atoms with van der Waals surface area (Å²) in [5, 5.41) is 3.99. The van der Waals surface area contributed by atoms with Crippen molar-refractivity contribution in [3.63, 3.8) is 0 Å². The van der Waals surface area contributed by atoms with Crippen LogP contribution in [-0.2, 0) is 14.3 Å². The van der Waals surface area contributed by atoms with Crippen molar-refractivity contribution in [2.24, 2.45) is 5.92 Å². The van der Waals surface area contributed by atoms with Crippen molar-refractivity contribution in [2.45, 2.75) is 45.1 Å². The first kappa shape index (κ1) is 23.8. The number of nitrogens with zero attached hydrogens (tertiary/aromatic N) is 3. The van der Waals surface area contributed by atoms with Crippen LogP contribution in [0.15, 0.2) is 34.9 Å². The van der Waals surface area contributed by atoms with E-state index in [4.69, 9.17) is 14.0 Å². The molecule has 4 rings (SSSR count). The minimum Gasteiger partial charge on any atom is -0.497 e. The molecule has 2 amide bonds. The maximum absolute atomic E-state index is 13.3. The number of benzene rings is 1. The highest BCUT2D eigenvalue weighted by Crippen LogP contribution is 2.27. The van der Waals surface area contributed by atoms with Gasteiger partial charge in [-0.15, -0.1) is 0 Å². The maximum atomic E-state index is 13.3. The van der Waals surface area contributed by atoms with Crippen molar-refractivity contribution in [1.82, 2.24) is 15.0 Å². The number of likely N-dealkylation sites (tertiary alicyclic amines) is 2. The number of rotatable bonds is 6. The summed E-state index contributed by atoms with van der Waals surface area (Å²) in [4.78, 5) is 42.1. The molecule has 0 radical (unpaired) electrons. The van der Waals surface area contributed by atoms with E-state index in [1.807, 2.05) is 24.3 Å². The van der Waals surface area contributed by atoms with E-state index in [0.717, 1.165) is 24.2 Å². The fourth-order valence-electron chi connectivity index (χ4n) is 4.65. The Morgan fingerprint density at radius 2 is 1.79 bits per heavy atom. The number of carbonyl (C=O) groups is 3. The average molecular weight is 470 g/mol. The van der Waals surface area contributed by atoms with E-state index in [2.05, 4.69) is 5.16 Å². The number of hydrogen-bond donors (Lipinski definition) is 0. The van der Waals surface area contributed by atoms with Crippen LogP contribution in [0, 0.1) is 5.92 Å². The monoisotopic (exact) mass is 469 g/mol. The van der Waals surface area contributed by atoms with Gasteiger partial charge in [0.15, 0.2) is 11.5 Å². The second-order valence-corrected chi connectivity index (χ2v) is 8.67. The first-order valence-electron chi connectivity index (χ1n) is 11.9. The van der Waals surface area contributed by atoms with Gasteiger partial charge in [0.1, 0.15) is 11.8 Å². The summed E-state index contributed by atoms with van der Waals surface area (Å²) < 4.78 is 15.7. The molecule has 0 saturated carbocycles. The van der Waals surface area contributed by atoms with Crippen molar-refractivity contribution >= 4 is 17.8 Å². The van der Waals surface area contributed by atoms with E-state index in [-0.39, 0.29) is 29.4 Å². The van der Waals surface area contributed by atoms with Crippen LogP contribution in [-0.4, -0.2) is 72.1 Å². The third-order valence-corrected chi connectivity index (χ3v) is 6.58. The first-order valence-corrected chi connectivity index (χ1v) is 11.9. The minimum absolute atomic E-state index is 0.0609. The van der Waals surface area contributed by atoms with Gasteiger partial charge in [0.2, 0.25) is 5.91 Å². The number of piperidine rings is 2. The van der Waals surface area contributed by atoms with Gasteiger partial charge < -0.3 is 23.8 Å². The Kier molecular flexibility index (Phi) is 7.49. The summed E-state index contributed by atoms with van der Waals surface area (Å²) in [6.07, 6.45) is 3.50. The van der Waals surface area contributed by atoms with Gasteiger partial charge in [-0.1, -0.05) is 5.16 Å². The number of ether oxygens (including phenoxy) is 2. The quantitative estimate of drug-likeness (QED) is 0.599. The second-order valence-electron chi connectivity index (χ2n) is 8.67.